The van der Waals surface area contributed by atoms with Gasteiger partial charge in [0.2, 0.25) is 0 Å². The molecular weight excluding hydrogens is 208 g/mol. The second-order valence-electron chi connectivity index (χ2n) is 4.87. The average Bonchev–Trinajstić information content (AvgIpc) is 2.14. The van der Waals surface area contributed by atoms with Crippen LogP contribution in [0.5, 0.6) is 0 Å². The lowest BCUT2D eigenvalue weighted by Crippen LogP contribution is -2.15. The molecule has 0 bridgehead atoms. The van der Waals surface area contributed by atoms with Gasteiger partial charge in [-0.25, -0.2) is 4.21 Å². The molecule has 1 aromatic rings. The Morgan fingerprint density at radius 2 is 1.73 bits per heavy atom. The molecule has 1 unspecified atom stereocenters. The maximum Gasteiger partial charge on any atom is 0.189 e. The SMILES string of the molecule is Cc1ccc(S(=O)OCC(C)(C)C)cc1. The summed E-state index contributed by atoms with van der Waals surface area (Å²) in [7, 11) is 0. The van der Waals surface area contributed by atoms with Gasteiger partial charge in [0.1, 0.15) is 0 Å². The highest BCUT2D eigenvalue weighted by molar-refractivity contribution is 7.80. The highest BCUT2D eigenvalue weighted by Crippen LogP contribution is 2.16. The maximum atomic E-state index is 11.7. The first-order valence-corrected chi connectivity index (χ1v) is 6.08. The second kappa shape index (κ2) is 4.90. The van der Waals surface area contributed by atoms with Crippen LogP contribution in [0.15, 0.2) is 29.2 Å². The van der Waals surface area contributed by atoms with Crippen molar-refractivity contribution in [2.24, 2.45) is 5.41 Å². The van der Waals surface area contributed by atoms with E-state index >= 15 is 0 Å². The van der Waals surface area contributed by atoms with Gasteiger partial charge in [0, 0.05) is 0 Å². The molecule has 0 aliphatic carbocycles. The van der Waals surface area contributed by atoms with Crippen LogP contribution in [0.1, 0.15) is 26.3 Å². The third-order valence-electron chi connectivity index (χ3n) is 1.81. The van der Waals surface area contributed by atoms with E-state index in [4.69, 9.17) is 4.18 Å². The van der Waals surface area contributed by atoms with Crippen LogP contribution in [0.3, 0.4) is 0 Å². The lowest BCUT2D eigenvalue weighted by molar-refractivity contribution is 0.216. The van der Waals surface area contributed by atoms with Crippen molar-refractivity contribution in [2.45, 2.75) is 32.6 Å². The fourth-order valence-electron chi connectivity index (χ4n) is 0.948. The molecule has 0 fully saturated rings. The summed E-state index contributed by atoms with van der Waals surface area (Å²) in [6.07, 6.45) is 0. The number of hydrogen-bond donors (Lipinski definition) is 0. The molecule has 0 saturated heterocycles. The Balaban J connectivity index is 2.58. The van der Waals surface area contributed by atoms with Crippen LogP contribution < -0.4 is 0 Å². The predicted molar refractivity (Wildman–Crippen MR) is 63.0 cm³/mol. The van der Waals surface area contributed by atoms with Gasteiger partial charge >= 0.3 is 0 Å². The Morgan fingerprint density at radius 3 is 2.20 bits per heavy atom. The Hall–Kier alpha value is -0.670. The minimum atomic E-state index is -1.34. The zero-order chi connectivity index (χ0) is 11.5. The largest absolute Gasteiger partial charge is 0.286 e. The summed E-state index contributed by atoms with van der Waals surface area (Å²) in [5, 5.41) is 0. The molecule has 0 aliphatic rings. The first-order chi connectivity index (χ1) is 6.88. The Morgan fingerprint density at radius 1 is 1.20 bits per heavy atom. The summed E-state index contributed by atoms with van der Waals surface area (Å²) in [4.78, 5) is 0.727. The first kappa shape index (κ1) is 12.4. The molecule has 84 valence electrons. The molecule has 0 amide bonds. The fraction of sp³-hybridized carbons (Fsp3) is 0.500. The summed E-state index contributed by atoms with van der Waals surface area (Å²) in [6.45, 7) is 8.66. The second-order valence-corrected chi connectivity index (χ2v) is 6.05. The van der Waals surface area contributed by atoms with E-state index in [-0.39, 0.29) is 5.41 Å². The van der Waals surface area contributed by atoms with Crippen molar-refractivity contribution < 1.29 is 8.39 Å². The van der Waals surface area contributed by atoms with Crippen LogP contribution in [0.2, 0.25) is 0 Å². The summed E-state index contributed by atoms with van der Waals surface area (Å²) in [5.74, 6) is 0. The summed E-state index contributed by atoms with van der Waals surface area (Å²) < 4.78 is 17.0. The molecule has 0 heterocycles. The van der Waals surface area contributed by atoms with E-state index < -0.39 is 11.1 Å². The van der Waals surface area contributed by atoms with E-state index in [1.807, 2.05) is 31.2 Å². The zero-order valence-electron chi connectivity index (χ0n) is 9.74. The molecule has 15 heavy (non-hydrogen) atoms. The third-order valence-corrected chi connectivity index (χ3v) is 2.80. The van der Waals surface area contributed by atoms with Crippen LogP contribution in [-0.2, 0) is 15.3 Å². The van der Waals surface area contributed by atoms with Crippen LogP contribution >= 0.6 is 0 Å². The Labute approximate surface area is 94.3 Å². The normalized spacial score (nSPS) is 13.9. The molecular formula is C12H18O2S. The average molecular weight is 226 g/mol. The van der Waals surface area contributed by atoms with Crippen molar-refractivity contribution in [3.8, 4) is 0 Å². The predicted octanol–water partition coefficient (Wildman–Crippen LogP) is 3.08. The van der Waals surface area contributed by atoms with Crippen LogP contribution in [0, 0.1) is 12.3 Å². The first-order valence-electron chi connectivity index (χ1n) is 5.00. The standard InChI is InChI=1S/C12H18O2S/c1-10-5-7-11(8-6-10)15(13)14-9-12(2,3)4/h5-8H,9H2,1-4H3. The monoisotopic (exact) mass is 226 g/mol. The molecule has 0 radical (unpaired) electrons. The molecule has 0 aromatic heterocycles. The number of hydrogen-bond acceptors (Lipinski definition) is 2. The van der Waals surface area contributed by atoms with E-state index in [0.29, 0.717) is 6.61 Å². The van der Waals surface area contributed by atoms with Gasteiger partial charge in [-0.3, -0.25) is 4.18 Å². The lowest BCUT2D eigenvalue weighted by Gasteiger charge is -2.16. The zero-order valence-corrected chi connectivity index (χ0v) is 10.6. The van der Waals surface area contributed by atoms with Gasteiger partial charge in [-0.15, -0.1) is 0 Å². The number of benzene rings is 1. The quantitative estimate of drug-likeness (QED) is 0.791. The molecule has 3 heteroatoms. The van der Waals surface area contributed by atoms with Crippen LogP contribution in [0.25, 0.3) is 0 Å². The molecule has 1 atom stereocenters. The van der Waals surface area contributed by atoms with Crippen molar-refractivity contribution >= 4 is 11.1 Å². The van der Waals surface area contributed by atoms with Crippen molar-refractivity contribution in [2.75, 3.05) is 6.61 Å². The fourth-order valence-corrected chi connectivity index (χ4v) is 1.90. The summed E-state index contributed by atoms with van der Waals surface area (Å²) >= 11 is -1.34. The van der Waals surface area contributed by atoms with Gasteiger partial charge in [-0.2, -0.15) is 0 Å². The summed E-state index contributed by atoms with van der Waals surface area (Å²) in [5.41, 5.74) is 1.20. The van der Waals surface area contributed by atoms with Crippen LogP contribution in [0.4, 0.5) is 0 Å². The van der Waals surface area contributed by atoms with Crippen molar-refractivity contribution in [3.05, 3.63) is 29.8 Å². The molecule has 1 aromatic carbocycles. The van der Waals surface area contributed by atoms with Gasteiger partial charge in [-0.05, 0) is 24.5 Å². The topological polar surface area (TPSA) is 26.3 Å². The van der Waals surface area contributed by atoms with Crippen molar-refractivity contribution in [1.82, 2.24) is 0 Å². The van der Waals surface area contributed by atoms with Crippen LogP contribution in [-0.4, -0.2) is 10.8 Å². The van der Waals surface area contributed by atoms with Gasteiger partial charge in [-0.1, -0.05) is 38.5 Å². The minimum absolute atomic E-state index is 0.0420. The Kier molecular flexibility index (Phi) is 4.05. The van der Waals surface area contributed by atoms with E-state index in [1.54, 1.807) is 0 Å². The maximum absolute atomic E-state index is 11.7. The lowest BCUT2D eigenvalue weighted by atomic mass is 9.99. The van der Waals surface area contributed by atoms with Crippen molar-refractivity contribution in [1.29, 1.82) is 0 Å². The molecule has 2 nitrogen and oxygen atoms in total. The van der Waals surface area contributed by atoms with Gasteiger partial charge in [0.05, 0.1) is 11.5 Å². The molecule has 0 aliphatic heterocycles. The van der Waals surface area contributed by atoms with Gasteiger partial charge < -0.3 is 0 Å². The summed E-state index contributed by atoms with van der Waals surface area (Å²) in [6, 6.07) is 7.56. The number of aryl methyl sites for hydroxylation is 1. The van der Waals surface area contributed by atoms with Gasteiger partial charge in [0.25, 0.3) is 0 Å². The molecule has 0 spiro atoms. The van der Waals surface area contributed by atoms with E-state index in [2.05, 4.69) is 20.8 Å². The third kappa shape index (κ3) is 4.58. The van der Waals surface area contributed by atoms with E-state index in [9.17, 15) is 4.21 Å². The van der Waals surface area contributed by atoms with Crippen molar-refractivity contribution in [3.63, 3.8) is 0 Å². The molecule has 1 rings (SSSR count). The Bertz CT molecular complexity index is 336. The highest BCUT2D eigenvalue weighted by atomic mass is 32.2. The smallest absolute Gasteiger partial charge is 0.189 e. The molecule has 0 saturated carbocycles. The molecule has 0 N–H and O–H groups in total. The minimum Gasteiger partial charge on any atom is -0.286 e. The van der Waals surface area contributed by atoms with E-state index in [0.717, 1.165) is 10.5 Å². The number of rotatable bonds is 3. The van der Waals surface area contributed by atoms with E-state index in [1.165, 1.54) is 0 Å². The van der Waals surface area contributed by atoms with Gasteiger partial charge in [0.15, 0.2) is 11.1 Å². The highest BCUT2D eigenvalue weighted by Gasteiger charge is 2.13.